The molecule has 0 aliphatic heterocycles. The van der Waals surface area contributed by atoms with E-state index in [1.165, 1.54) is 13.2 Å². The lowest BCUT2D eigenvalue weighted by Gasteiger charge is -2.08. The number of fused-ring (bicyclic) bond motifs is 1. The van der Waals surface area contributed by atoms with Crippen molar-refractivity contribution in [3.8, 4) is 0 Å². The van der Waals surface area contributed by atoms with E-state index in [-0.39, 0.29) is 6.61 Å². The van der Waals surface area contributed by atoms with Crippen LogP contribution in [0.5, 0.6) is 0 Å². The molecule has 0 unspecified atom stereocenters. The van der Waals surface area contributed by atoms with Gasteiger partial charge in [-0.3, -0.25) is 4.79 Å². The number of aromatic nitrogens is 3. The minimum Gasteiger partial charge on any atom is -0.465 e. The van der Waals surface area contributed by atoms with Crippen molar-refractivity contribution in [3.05, 3.63) is 52.5 Å². The molecule has 3 aromatic rings. The highest BCUT2D eigenvalue weighted by Crippen LogP contribution is 2.19. The van der Waals surface area contributed by atoms with Crippen LogP contribution in [-0.2, 0) is 9.53 Å². The molecule has 3 rings (SSSR count). The molecule has 0 aliphatic carbocycles. The smallest absolute Gasteiger partial charge is 0.337 e. The summed E-state index contributed by atoms with van der Waals surface area (Å²) < 4.78 is 4.68. The Morgan fingerprint density at radius 1 is 1.23 bits per heavy atom. The molecule has 26 heavy (non-hydrogen) atoms. The maximum absolute atomic E-state index is 12.0. The van der Waals surface area contributed by atoms with Crippen LogP contribution < -0.4 is 10.2 Å². The van der Waals surface area contributed by atoms with Crippen LogP contribution in [0.25, 0.3) is 11.0 Å². The van der Waals surface area contributed by atoms with Crippen LogP contribution in [0, 0.1) is 6.92 Å². The third-order valence-electron chi connectivity index (χ3n) is 3.61. The van der Waals surface area contributed by atoms with Gasteiger partial charge in [0.05, 0.1) is 12.7 Å². The first-order valence-electron chi connectivity index (χ1n) is 7.61. The second-order valence-corrected chi connectivity index (χ2v) is 5.85. The van der Waals surface area contributed by atoms with E-state index in [9.17, 15) is 9.59 Å². The number of methoxy groups -OCH3 is 1. The Hall–Kier alpha value is -3.13. The van der Waals surface area contributed by atoms with E-state index in [1.54, 1.807) is 30.3 Å². The van der Waals surface area contributed by atoms with E-state index < -0.39 is 11.9 Å². The molecule has 0 atom stereocenters. The molecule has 0 spiro atoms. The van der Waals surface area contributed by atoms with Gasteiger partial charge in [-0.25, -0.2) is 4.79 Å². The Balaban J connectivity index is 1.69. The molecule has 8 nitrogen and oxygen atoms in total. The molecular weight excluding hydrogens is 360 g/mol. The highest BCUT2D eigenvalue weighted by atomic mass is 35.5. The summed E-state index contributed by atoms with van der Waals surface area (Å²) in [5, 5.41) is 11.0. The van der Waals surface area contributed by atoms with E-state index in [2.05, 4.69) is 20.4 Å². The number of esters is 1. The third kappa shape index (κ3) is 3.75. The van der Waals surface area contributed by atoms with E-state index in [0.29, 0.717) is 27.3 Å². The van der Waals surface area contributed by atoms with Gasteiger partial charge >= 0.3 is 5.97 Å². The quantitative estimate of drug-likeness (QED) is 0.688. The molecule has 0 bridgehead atoms. The van der Waals surface area contributed by atoms with Crippen LogP contribution in [-0.4, -0.2) is 40.8 Å². The standard InChI is InChI=1S/C17H15ClN4O4/c1-10-3-5-12(8-13(10)18)19-16(23)9-26-22-15-7-11(17(24)25-2)4-6-14(15)20-21-22/h3-8H,9H2,1-2H3,(H,19,23). The van der Waals surface area contributed by atoms with E-state index >= 15 is 0 Å². The highest BCUT2D eigenvalue weighted by molar-refractivity contribution is 6.31. The fourth-order valence-corrected chi connectivity index (χ4v) is 2.41. The van der Waals surface area contributed by atoms with Gasteiger partial charge in [-0.2, -0.15) is 0 Å². The lowest BCUT2D eigenvalue weighted by Crippen LogP contribution is -2.26. The zero-order chi connectivity index (χ0) is 18.7. The van der Waals surface area contributed by atoms with Crippen molar-refractivity contribution in [1.82, 2.24) is 15.2 Å². The maximum Gasteiger partial charge on any atom is 0.337 e. The second kappa shape index (κ2) is 7.40. The predicted molar refractivity (Wildman–Crippen MR) is 95.1 cm³/mol. The normalized spacial score (nSPS) is 10.6. The van der Waals surface area contributed by atoms with Gasteiger partial charge in [0.25, 0.3) is 5.91 Å². The molecule has 9 heteroatoms. The minimum atomic E-state index is -0.492. The fourth-order valence-electron chi connectivity index (χ4n) is 2.23. The maximum atomic E-state index is 12.0. The predicted octanol–water partition coefficient (Wildman–Crippen LogP) is 2.25. The van der Waals surface area contributed by atoms with Gasteiger partial charge in [0.1, 0.15) is 11.0 Å². The number of nitrogens with zero attached hydrogens (tertiary/aromatic N) is 3. The summed E-state index contributed by atoms with van der Waals surface area (Å²) in [7, 11) is 1.29. The van der Waals surface area contributed by atoms with E-state index in [4.69, 9.17) is 16.4 Å². The highest BCUT2D eigenvalue weighted by Gasteiger charge is 2.12. The van der Waals surface area contributed by atoms with Crippen molar-refractivity contribution in [2.75, 3.05) is 19.0 Å². The van der Waals surface area contributed by atoms with Gasteiger partial charge in [-0.15, -0.1) is 5.10 Å². The van der Waals surface area contributed by atoms with Crippen molar-refractivity contribution in [1.29, 1.82) is 0 Å². The van der Waals surface area contributed by atoms with Crippen molar-refractivity contribution in [2.45, 2.75) is 6.92 Å². The van der Waals surface area contributed by atoms with Crippen LogP contribution in [0.15, 0.2) is 36.4 Å². The lowest BCUT2D eigenvalue weighted by molar-refractivity contribution is -0.121. The number of amides is 1. The summed E-state index contributed by atoms with van der Waals surface area (Å²) in [5.41, 5.74) is 2.76. The zero-order valence-corrected chi connectivity index (χ0v) is 14.8. The molecular formula is C17H15ClN4O4. The number of nitrogens with one attached hydrogen (secondary N) is 1. The molecule has 134 valence electrons. The van der Waals surface area contributed by atoms with Crippen molar-refractivity contribution in [2.24, 2.45) is 0 Å². The molecule has 1 heterocycles. The molecule has 0 aliphatic rings. The van der Waals surface area contributed by atoms with Crippen LogP contribution in [0.4, 0.5) is 5.69 Å². The molecule has 1 amide bonds. The van der Waals surface area contributed by atoms with Crippen LogP contribution >= 0.6 is 11.6 Å². The Morgan fingerprint density at radius 2 is 2.04 bits per heavy atom. The van der Waals surface area contributed by atoms with Crippen LogP contribution in [0.3, 0.4) is 0 Å². The number of carbonyl (C=O) groups excluding carboxylic acids is 2. The summed E-state index contributed by atoms with van der Waals surface area (Å²) in [6.07, 6.45) is 0. The fraction of sp³-hybridized carbons (Fsp3) is 0.176. The number of aryl methyl sites for hydroxylation is 1. The summed E-state index contributed by atoms with van der Waals surface area (Å²) in [5.74, 6) is -0.883. The minimum absolute atomic E-state index is 0.299. The lowest BCUT2D eigenvalue weighted by atomic mass is 10.2. The number of carbonyl (C=O) groups is 2. The Labute approximate surface area is 153 Å². The van der Waals surface area contributed by atoms with Gasteiger partial charge in [0.2, 0.25) is 0 Å². The third-order valence-corrected chi connectivity index (χ3v) is 4.02. The Morgan fingerprint density at radius 3 is 2.77 bits per heavy atom. The number of hydrogen-bond acceptors (Lipinski definition) is 6. The Bertz CT molecular complexity index is 986. The van der Waals surface area contributed by atoms with Gasteiger partial charge in [0, 0.05) is 10.7 Å². The Kier molecular flexibility index (Phi) is 5.04. The van der Waals surface area contributed by atoms with Gasteiger partial charge in [-0.05, 0) is 48.0 Å². The summed E-state index contributed by atoms with van der Waals surface area (Å²) in [6.45, 7) is 1.57. The summed E-state index contributed by atoms with van der Waals surface area (Å²) >= 11 is 6.03. The van der Waals surface area contributed by atoms with Crippen molar-refractivity contribution >= 4 is 40.2 Å². The van der Waals surface area contributed by atoms with Gasteiger partial charge in [-0.1, -0.05) is 22.5 Å². The number of hydrogen-bond donors (Lipinski definition) is 1. The second-order valence-electron chi connectivity index (χ2n) is 5.44. The number of ether oxygens (including phenoxy) is 1. The first kappa shape index (κ1) is 17.7. The van der Waals surface area contributed by atoms with E-state index in [0.717, 1.165) is 10.4 Å². The monoisotopic (exact) mass is 374 g/mol. The number of anilines is 1. The summed E-state index contributed by atoms with van der Waals surface area (Å²) in [6, 6.07) is 9.91. The molecule has 0 fully saturated rings. The topological polar surface area (TPSA) is 95.3 Å². The molecule has 1 N–H and O–H groups in total. The summed E-state index contributed by atoms with van der Waals surface area (Å²) in [4.78, 5) is 30.1. The number of halogens is 1. The molecule has 1 aromatic heterocycles. The molecule has 2 aromatic carbocycles. The zero-order valence-electron chi connectivity index (χ0n) is 14.0. The molecule has 0 radical (unpaired) electrons. The first-order chi connectivity index (χ1) is 12.5. The number of rotatable bonds is 5. The van der Waals surface area contributed by atoms with Crippen molar-refractivity contribution in [3.63, 3.8) is 0 Å². The first-order valence-corrected chi connectivity index (χ1v) is 7.99. The van der Waals surface area contributed by atoms with Gasteiger partial charge < -0.3 is 14.9 Å². The van der Waals surface area contributed by atoms with Gasteiger partial charge in [0.15, 0.2) is 6.61 Å². The van der Waals surface area contributed by atoms with Crippen LogP contribution in [0.1, 0.15) is 15.9 Å². The van der Waals surface area contributed by atoms with E-state index in [1.807, 2.05) is 6.92 Å². The average molecular weight is 375 g/mol. The molecule has 0 saturated heterocycles. The number of benzene rings is 2. The average Bonchev–Trinajstić information content (AvgIpc) is 3.04. The van der Waals surface area contributed by atoms with Crippen molar-refractivity contribution < 1.29 is 19.2 Å². The molecule has 0 saturated carbocycles. The largest absolute Gasteiger partial charge is 0.465 e. The SMILES string of the molecule is COC(=O)c1ccc2nnn(OCC(=O)Nc3ccc(C)c(Cl)c3)c2c1. The van der Waals surface area contributed by atoms with Crippen LogP contribution in [0.2, 0.25) is 5.02 Å².